The molecule has 0 aliphatic rings. The number of carbonyl (C=O) groups excluding carboxylic acids is 2. The fourth-order valence-electron chi connectivity index (χ4n) is 3.66. The summed E-state index contributed by atoms with van der Waals surface area (Å²) < 4.78 is 7.08. The number of para-hydroxylation sites is 2. The highest BCUT2D eigenvalue weighted by Crippen LogP contribution is 2.19. The largest absolute Gasteiger partial charge is 0.497 e. The van der Waals surface area contributed by atoms with Gasteiger partial charge in [-0.2, -0.15) is 0 Å². The van der Waals surface area contributed by atoms with Crippen molar-refractivity contribution in [2.75, 3.05) is 13.7 Å². The number of Topliss-reactive ketones (excluding diaryl/α,β-unsaturated/α-hetero) is 1. The molecule has 1 amide bonds. The molecule has 0 atom stereocenters. The Bertz CT molecular complexity index is 1260. The number of ether oxygens (including phenoxy) is 1. The summed E-state index contributed by atoms with van der Waals surface area (Å²) in [5, 5.41) is 3.53. The van der Waals surface area contributed by atoms with Crippen LogP contribution in [0.25, 0.3) is 11.0 Å². The van der Waals surface area contributed by atoms with E-state index in [4.69, 9.17) is 21.3 Å². The Hall–Kier alpha value is -3.64. The molecule has 0 aliphatic carbocycles. The highest BCUT2D eigenvalue weighted by molar-refractivity contribution is 6.30. The quantitative estimate of drug-likeness (QED) is 0.283. The van der Waals surface area contributed by atoms with Crippen molar-refractivity contribution in [3.05, 3.63) is 94.8 Å². The van der Waals surface area contributed by atoms with Crippen molar-refractivity contribution in [1.29, 1.82) is 0 Å². The molecule has 1 aromatic heterocycles. The van der Waals surface area contributed by atoms with Crippen molar-refractivity contribution in [2.45, 2.75) is 19.4 Å². The maximum atomic E-state index is 12.9. The van der Waals surface area contributed by atoms with Crippen LogP contribution in [0.1, 0.15) is 33.0 Å². The van der Waals surface area contributed by atoms with E-state index in [9.17, 15) is 9.59 Å². The number of imidazole rings is 1. The Balaban J connectivity index is 1.42. The SMILES string of the molecule is COc1ccc(C(=O)NCCCc2nc3ccccc3n2CC(=O)c2ccc(Cl)cc2)cc1. The van der Waals surface area contributed by atoms with Crippen LogP contribution in [0.4, 0.5) is 0 Å². The molecule has 33 heavy (non-hydrogen) atoms. The number of ketones is 1. The third-order valence-electron chi connectivity index (χ3n) is 5.42. The van der Waals surface area contributed by atoms with Crippen LogP contribution in [-0.4, -0.2) is 34.9 Å². The number of aryl methyl sites for hydroxylation is 1. The predicted octanol–water partition coefficient (Wildman–Crippen LogP) is 4.94. The molecule has 6 nitrogen and oxygen atoms in total. The molecule has 3 aromatic carbocycles. The molecule has 0 aliphatic heterocycles. The van der Waals surface area contributed by atoms with Gasteiger partial charge < -0.3 is 14.6 Å². The number of halogens is 1. The van der Waals surface area contributed by atoms with Crippen LogP contribution in [0.15, 0.2) is 72.8 Å². The third kappa shape index (κ3) is 5.41. The van der Waals surface area contributed by atoms with Crippen molar-refractivity contribution in [3.63, 3.8) is 0 Å². The van der Waals surface area contributed by atoms with Gasteiger partial charge >= 0.3 is 0 Å². The number of fused-ring (bicyclic) bond motifs is 1. The predicted molar refractivity (Wildman–Crippen MR) is 129 cm³/mol. The second-order valence-corrected chi connectivity index (χ2v) is 8.06. The number of rotatable bonds is 9. The van der Waals surface area contributed by atoms with Crippen LogP contribution in [0, 0.1) is 0 Å². The molecule has 0 spiro atoms. The summed E-state index contributed by atoms with van der Waals surface area (Å²) in [6.45, 7) is 0.689. The minimum atomic E-state index is -0.135. The van der Waals surface area contributed by atoms with Crippen LogP contribution in [0.5, 0.6) is 5.75 Å². The Morgan fingerprint density at radius 2 is 1.67 bits per heavy atom. The second-order valence-electron chi connectivity index (χ2n) is 7.62. The summed E-state index contributed by atoms with van der Waals surface area (Å²) in [4.78, 5) is 30.0. The van der Waals surface area contributed by atoms with E-state index in [0.29, 0.717) is 41.3 Å². The van der Waals surface area contributed by atoms with Gasteiger partial charge in [-0.15, -0.1) is 0 Å². The van der Waals surface area contributed by atoms with Crippen LogP contribution in [0.2, 0.25) is 5.02 Å². The van der Waals surface area contributed by atoms with Gasteiger partial charge in [0.05, 0.1) is 24.7 Å². The minimum Gasteiger partial charge on any atom is -0.497 e. The number of nitrogens with zero attached hydrogens (tertiary/aromatic N) is 2. The van der Waals surface area contributed by atoms with Gasteiger partial charge in [-0.05, 0) is 67.1 Å². The lowest BCUT2D eigenvalue weighted by Crippen LogP contribution is -2.25. The summed E-state index contributed by atoms with van der Waals surface area (Å²) in [5.41, 5.74) is 2.95. The lowest BCUT2D eigenvalue weighted by Gasteiger charge is -2.10. The number of benzene rings is 3. The topological polar surface area (TPSA) is 73.2 Å². The molecule has 168 valence electrons. The minimum absolute atomic E-state index is 0.0103. The van der Waals surface area contributed by atoms with E-state index in [2.05, 4.69) is 5.32 Å². The van der Waals surface area contributed by atoms with Gasteiger partial charge in [-0.3, -0.25) is 9.59 Å². The number of hydrogen-bond donors (Lipinski definition) is 1. The first-order valence-electron chi connectivity index (χ1n) is 10.7. The van der Waals surface area contributed by atoms with Crippen molar-refractivity contribution in [2.24, 2.45) is 0 Å². The maximum Gasteiger partial charge on any atom is 0.251 e. The van der Waals surface area contributed by atoms with Gasteiger partial charge in [0, 0.05) is 29.1 Å². The van der Waals surface area contributed by atoms with E-state index < -0.39 is 0 Å². The molecular weight excluding hydrogens is 438 g/mol. The number of aromatic nitrogens is 2. The summed E-state index contributed by atoms with van der Waals surface area (Å²) >= 11 is 5.95. The fraction of sp³-hybridized carbons (Fsp3) is 0.192. The van der Waals surface area contributed by atoms with E-state index in [1.807, 2.05) is 28.8 Å². The standard InChI is InChI=1S/C26H24ClN3O3/c1-33-21-14-10-19(11-15-21)26(32)28-16-4-7-25-29-22-5-2-3-6-23(22)30(25)17-24(31)18-8-12-20(27)13-9-18/h2-3,5-6,8-15H,4,7,16-17H2,1H3,(H,28,32). The summed E-state index contributed by atoms with van der Waals surface area (Å²) in [7, 11) is 1.59. The molecule has 0 saturated heterocycles. The molecule has 0 fully saturated rings. The van der Waals surface area contributed by atoms with Gasteiger partial charge in [-0.1, -0.05) is 23.7 Å². The number of nitrogens with one attached hydrogen (secondary N) is 1. The number of methoxy groups -OCH3 is 1. The average Bonchev–Trinajstić information content (AvgIpc) is 3.19. The Morgan fingerprint density at radius 3 is 2.39 bits per heavy atom. The fourth-order valence-corrected chi connectivity index (χ4v) is 3.78. The lowest BCUT2D eigenvalue weighted by atomic mass is 10.1. The Kier molecular flexibility index (Phi) is 7.05. The lowest BCUT2D eigenvalue weighted by molar-refractivity contribution is 0.0951. The molecule has 4 aromatic rings. The van der Waals surface area contributed by atoms with Crippen molar-refractivity contribution in [3.8, 4) is 5.75 Å². The van der Waals surface area contributed by atoms with Crippen LogP contribution < -0.4 is 10.1 Å². The summed E-state index contributed by atoms with van der Waals surface area (Å²) in [5.74, 6) is 1.38. The molecule has 1 heterocycles. The molecule has 0 saturated carbocycles. The monoisotopic (exact) mass is 461 g/mol. The van der Waals surface area contributed by atoms with E-state index in [-0.39, 0.29) is 18.2 Å². The average molecular weight is 462 g/mol. The first-order valence-corrected chi connectivity index (χ1v) is 11.1. The van der Waals surface area contributed by atoms with Gasteiger partial charge in [0.2, 0.25) is 0 Å². The highest BCUT2D eigenvalue weighted by atomic mass is 35.5. The zero-order valence-corrected chi connectivity index (χ0v) is 19.0. The molecule has 0 unspecified atom stereocenters. The van der Waals surface area contributed by atoms with Gasteiger partial charge in [-0.25, -0.2) is 4.98 Å². The van der Waals surface area contributed by atoms with Crippen LogP contribution in [-0.2, 0) is 13.0 Å². The number of amides is 1. The van der Waals surface area contributed by atoms with E-state index >= 15 is 0 Å². The van der Waals surface area contributed by atoms with Crippen LogP contribution in [0.3, 0.4) is 0 Å². The van der Waals surface area contributed by atoms with Crippen LogP contribution >= 0.6 is 11.6 Å². The van der Waals surface area contributed by atoms with Gasteiger partial charge in [0.1, 0.15) is 11.6 Å². The molecule has 0 radical (unpaired) electrons. The van der Waals surface area contributed by atoms with E-state index in [0.717, 1.165) is 16.9 Å². The number of carbonyl (C=O) groups is 2. The third-order valence-corrected chi connectivity index (χ3v) is 5.67. The molecular formula is C26H24ClN3O3. The molecule has 7 heteroatoms. The first-order chi connectivity index (χ1) is 16.0. The van der Waals surface area contributed by atoms with E-state index in [1.165, 1.54) is 0 Å². The summed E-state index contributed by atoms with van der Waals surface area (Å²) in [6, 6.07) is 21.7. The summed E-state index contributed by atoms with van der Waals surface area (Å²) in [6.07, 6.45) is 1.33. The zero-order chi connectivity index (χ0) is 23.2. The van der Waals surface area contributed by atoms with Gasteiger partial charge in [0.25, 0.3) is 5.91 Å². The maximum absolute atomic E-state index is 12.9. The second kappa shape index (κ2) is 10.3. The Labute approximate surface area is 197 Å². The normalized spacial score (nSPS) is 10.8. The first kappa shape index (κ1) is 22.6. The molecule has 4 rings (SSSR count). The molecule has 0 bridgehead atoms. The highest BCUT2D eigenvalue weighted by Gasteiger charge is 2.15. The molecule has 1 N–H and O–H groups in total. The van der Waals surface area contributed by atoms with E-state index in [1.54, 1.807) is 55.6 Å². The van der Waals surface area contributed by atoms with Crippen molar-refractivity contribution >= 4 is 34.3 Å². The smallest absolute Gasteiger partial charge is 0.251 e. The van der Waals surface area contributed by atoms with Gasteiger partial charge in [0.15, 0.2) is 5.78 Å². The van der Waals surface area contributed by atoms with Crippen molar-refractivity contribution < 1.29 is 14.3 Å². The Morgan fingerprint density at radius 1 is 0.970 bits per heavy atom. The van der Waals surface area contributed by atoms with Crippen molar-refractivity contribution in [1.82, 2.24) is 14.9 Å². The zero-order valence-electron chi connectivity index (χ0n) is 18.3. The number of hydrogen-bond acceptors (Lipinski definition) is 4.